The van der Waals surface area contributed by atoms with Gasteiger partial charge in [-0.3, -0.25) is 0 Å². The summed E-state index contributed by atoms with van der Waals surface area (Å²) in [7, 11) is 0. The Morgan fingerprint density at radius 1 is 0.952 bits per heavy atom. The van der Waals surface area contributed by atoms with E-state index in [1.165, 1.54) is 63.5 Å². The zero-order valence-corrected chi connectivity index (χ0v) is 17.3. The van der Waals surface area contributed by atoms with Gasteiger partial charge >= 0.3 is 5.97 Å². The fourth-order valence-electron chi connectivity index (χ4n) is 2.24. The maximum Gasteiger partial charge on any atom is 0.330 e. The van der Waals surface area contributed by atoms with Crippen LogP contribution < -0.4 is 0 Å². The Hall–Kier alpha value is 0.157. The van der Waals surface area contributed by atoms with Crippen LogP contribution in [0.2, 0.25) is 19.1 Å². The van der Waals surface area contributed by atoms with Crippen molar-refractivity contribution in [2.75, 3.05) is 6.61 Å². The minimum Gasteiger partial charge on any atom is -0.463 e. The molecule has 0 N–H and O–H groups in total. The molecule has 0 aromatic rings. The van der Waals surface area contributed by atoms with Crippen molar-refractivity contribution in [3.8, 4) is 0 Å². The quantitative estimate of drug-likeness (QED) is 0.0872. The Kier molecular flexibility index (Phi) is 13.9. The molecule has 0 amide bonds. The van der Waals surface area contributed by atoms with E-state index in [2.05, 4.69) is 34.9 Å². The van der Waals surface area contributed by atoms with Gasteiger partial charge in [-0.25, -0.2) is 4.79 Å². The molecule has 0 aliphatic rings. The second kappa shape index (κ2) is 13.8. The average Bonchev–Trinajstić information content (AvgIpc) is 2.39. The van der Waals surface area contributed by atoms with Crippen LogP contribution in [0.25, 0.3) is 0 Å². The molecule has 0 aliphatic carbocycles. The van der Waals surface area contributed by atoms with Gasteiger partial charge in [0, 0.05) is 6.08 Å². The Bertz CT molecular complexity index is 285. The van der Waals surface area contributed by atoms with Gasteiger partial charge in [0.2, 0.25) is 0 Å². The van der Waals surface area contributed by atoms with Crippen LogP contribution in [0.3, 0.4) is 0 Å². The molecule has 0 saturated heterocycles. The largest absolute Gasteiger partial charge is 0.463 e. The normalized spacial score (nSPS) is 12.0. The number of esters is 1. The van der Waals surface area contributed by atoms with Gasteiger partial charge in [-0.05, 0) is 19.4 Å². The monoisotopic (exact) mass is 424 g/mol. The van der Waals surface area contributed by atoms with Crippen LogP contribution in [0.15, 0.2) is 12.2 Å². The van der Waals surface area contributed by atoms with Crippen molar-refractivity contribution in [1.29, 1.82) is 0 Å². The molecule has 2 nitrogen and oxygen atoms in total. The number of carbonyl (C=O) groups excluding carboxylic acids is 1. The van der Waals surface area contributed by atoms with Gasteiger partial charge in [-0.15, -0.1) is 21.8 Å². The van der Waals surface area contributed by atoms with Crippen LogP contribution >= 0.6 is 21.8 Å². The fraction of sp³-hybridized carbons (Fsp3) is 0.824. The van der Waals surface area contributed by atoms with E-state index >= 15 is 0 Å². The summed E-state index contributed by atoms with van der Waals surface area (Å²) in [6, 6.07) is 1.47. The first-order chi connectivity index (χ1) is 9.95. The smallest absolute Gasteiger partial charge is 0.330 e. The van der Waals surface area contributed by atoms with Gasteiger partial charge < -0.3 is 4.74 Å². The number of ether oxygens (including phenoxy) is 1. The SMILES string of the molecule is CC=CC(=O)OCCCCCCCCCCC[Si](C)(C)I. The standard InChI is InChI=1S/C17H33IO2Si/c1-4-14-17(19)20-15-12-10-8-6-5-7-9-11-13-16-21(2,3)18/h4,14H,5-13,15-16H2,1-3H3. The van der Waals surface area contributed by atoms with E-state index in [0.29, 0.717) is 6.61 Å². The molecule has 0 unspecified atom stereocenters. The number of hydrogen-bond acceptors (Lipinski definition) is 2. The van der Waals surface area contributed by atoms with Crippen molar-refractivity contribution in [3.05, 3.63) is 12.2 Å². The number of rotatable bonds is 13. The van der Waals surface area contributed by atoms with Crippen LogP contribution in [-0.2, 0) is 9.53 Å². The maximum atomic E-state index is 11.1. The molecule has 0 rings (SSSR count). The lowest BCUT2D eigenvalue weighted by atomic mass is 10.1. The summed E-state index contributed by atoms with van der Waals surface area (Å²) in [5, 5.41) is 0. The third kappa shape index (κ3) is 18.1. The van der Waals surface area contributed by atoms with Gasteiger partial charge in [0.05, 0.1) is 6.61 Å². The molecule has 0 bridgehead atoms. The van der Waals surface area contributed by atoms with Crippen molar-refractivity contribution in [3.63, 3.8) is 0 Å². The van der Waals surface area contributed by atoms with Crippen LogP contribution in [0.5, 0.6) is 0 Å². The molecule has 0 aliphatic heterocycles. The number of allylic oxidation sites excluding steroid dienone is 1. The molecule has 0 spiro atoms. The van der Waals surface area contributed by atoms with Gasteiger partial charge in [0.15, 0.2) is 0 Å². The lowest BCUT2D eigenvalue weighted by Gasteiger charge is -2.12. The van der Waals surface area contributed by atoms with E-state index in [1.807, 2.05) is 6.92 Å². The Labute approximate surface area is 145 Å². The van der Waals surface area contributed by atoms with E-state index in [0.717, 1.165) is 6.42 Å². The second-order valence-corrected chi connectivity index (χ2v) is 19.0. The zero-order chi connectivity index (χ0) is 16.0. The highest BCUT2D eigenvalue weighted by Crippen LogP contribution is 2.21. The maximum absolute atomic E-state index is 11.1. The molecular formula is C17H33IO2Si. The molecule has 0 radical (unpaired) electrons. The van der Waals surface area contributed by atoms with Crippen LogP contribution in [0.4, 0.5) is 0 Å². The summed E-state index contributed by atoms with van der Waals surface area (Å²) in [6.07, 6.45) is 15.0. The Balaban J connectivity index is 3.14. The highest BCUT2D eigenvalue weighted by Gasteiger charge is 2.14. The summed E-state index contributed by atoms with van der Waals surface area (Å²) >= 11 is 2.68. The highest BCUT2D eigenvalue weighted by molar-refractivity contribution is 14.1. The molecule has 124 valence electrons. The Morgan fingerprint density at radius 2 is 1.43 bits per heavy atom. The lowest BCUT2D eigenvalue weighted by molar-refractivity contribution is -0.137. The molecule has 0 aromatic carbocycles. The Morgan fingerprint density at radius 3 is 1.90 bits per heavy atom. The topological polar surface area (TPSA) is 26.3 Å². The molecule has 0 aromatic heterocycles. The lowest BCUT2D eigenvalue weighted by Crippen LogP contribution is -2.13. The predicted octanol–water partition coefficient (Wildman–Crippen LogP) is 6.26. The van der Waals surface area contributed by atoms with Crippen molar-refractivity contribution in [2.45, 2.75) is 83.8 Å². The first kappa shape index (κ1) is 21.2. The summed E-state index contributed by atoms with van der Waals surface area (Å²) < 4.78 is 5.06. The molecule has 0 fully saturated rings. The van der Waals surface area contributed by atoms with E-state index in [1.54, 1.807) is 6.08 Å². The minimum absolute atomic E-state index is 0.213. The fourth-order valence-corrected chi connectivity index (χ4v) is 4.48. The van der Waals surface area contributed by atoms with Gasteiger partial charge in [0.25, 0.3) is 0 Å². The van der Waals surface area contributed by atoms with E-state index in [4.69, 9.17) is 4.74 Å². The third-order valence-electron chi connectivity index (χ3n) is 3.46. The highest BCUT2D eigenvalue weighted by atomic mass is 127. The van der Waals surface area contributed by atoms with Crippen LogP contribution in [-0.4, -0.2) is 18.1 Å². The van der Waals surface area contributed by atoms with Crippen molar-refractivity contribution in [1.82, 2.24) is 0 Å². The van der Waals surface area contributed by atoms with Crippen molar-refractivity contribution >= 4 is 33.3 Å². The van der Waals surface area contributed by atoms with E-state index in [9.17, 15) is 4.79 Å². The van der Waals surface area contributed by atoms with Crippen LogP contribution in [0, 0.1) is 0 Å². The average molecular weight is 424 g/mol. The summed E-state index contributed by atoms with van der Waals surface area (Å²) in [4.78, 5) is 11.1. The first-order valence-corrected chi connectivity index (χ1v) is 14.8. The summed E-state index contributed by atoms with van der Waals surface area (Å²) in [5.74, 6) is -0.213. The van der Waals surface area contributed by atoms with Gasteiger partial charge in [0.1, 0.15) is 5.57 Å². The van der Waals surface area contributed by atoms with Gasteiger partial charge in [-0.1, -0.05) is 70.5 Å². The summed E-state index contributed by atoms with van der Waals surface area (Å²) in [5.41, 5.74) is -0.835. The molecule has 21 heavy (non-hydrogen) atoms. The number of halogens is 1. The minimum atomic E-state index is -0.835. The van der Waals surface area contributed by atoms with E-state index in [-0.39, 0.29) is 5.97 Å². The van der Waals surface area contributed by atoms with Crippen molar-refractivity contribution in [2.24, 2.45) is 0 Å². The first-order valence-electron chi connectivity index (χ1n) is 8.44. The molecular weight excluding hydrogens is 391 g/mol. The molecule has 0 heterocycles. The number of unbranched alkanes of at least 4 members (excludes halogenated alkanes) is 8. The summed E-state index contributed by atoms with van der Waals surface area (Å²) in [6.45, 7) is 7.29. The van der Waals surface area contributed by atoms with Crippen LogP contribution in [0.1, 0.15) is 64.7 Å². The number of hydrogen-bond donors (Lipinski definition) is 0. The van der Waals surface area contributed by atoms with Crippen molar-refractivity contribution < 1.29 is 9.53 Å². The molecule has 4 heteroatoms. The number of carbonyl (C=O) groups is 1. The molecule has 0 atom stereocenters. The third-order valence-corrected chi connectivity index (χ3v) is 6.62. The molecule has 0 saturated carbocycles. The van der Waals surface area contributed by atoms with E-state index < -0.39 is 5.57 Å². The second-order valence-electron chi connectivity index (χ2n) is 6.32. The predicted molar refractivity (Wildman–Crippen MR) is 104 cm³/mol. The zero-order valence-electron chi connectivity index (χ0n) is 14.1. The van der Waals surface area contributed by atoms with Gasteiger partial charge in [-0.2, -0.15) is 0 Å².